The summed E-state index contributed by atoms with van der Waals surface area (Å²) in [5.41, 5.74) is -0.530. The lowest BCUT2D eigenvalue weighted by molar-refractivity contribution is 0.0938. The van der Waals surface area contributed by atoms with Crippen molar-refractivity contribution in [1.82, 2.24) is 5.32 Å². The van der Waals surface area contributed by atoms with Crippen molar-refractivity contribution in [3.05, 3.63) is 35.1 Å². The highest BCUT2D eigenvalue weighted by Crippen LogP contribution is 2.15. The first kappa shape index (κ1) is 15.5. The van der Waals surface area contributed by atoms with Gasteiger partial charge in [-0.2, -0.15) is 0 Å². The molecule has 2 N–H and O–H groups in total. The van der Waals surface area contributed by atoms with Crippen molar-refractivity contribution in [3.8, 4) is 0 Å². The maximum atomic E-state index is 13.4. The number of amides is 1. The molecule has 0 saturated carbocycles. The van der Waals surface area contributed by atoms with E-state index in [9.17, 15) is 18.0 Å². The molecule has 1 aromatic rings. The highest BCUT2D eigenvalue weighted by molar-refractivity contribution is 5.94. The molecule has 0 heterocycles. The van der Waals surface area contributed by atoms with E-state index in [2.05, 4.69) is 5.32 Å². The molecule has 0 radical (unpaired) electrons. The van der Waals surface area contributed by atoms with Gasteiger partial charge in [0.25, 0.3) is 5.91 Å². The molecular formula is C13H16F3NO2. The molecule has 0 spiro atoms. The van der Waals surface area contributed by atoms with E-state index < -0.39 is 28.9 Å². The maximum absolute atomic E-state index is 13.4. The van der Waals surface area contributed by atoms with Crippen molar-refractivity contribution in [2.75, 3.05) is 13.2 Å². The molecule has 1 unspecified atom stereocenters. The second-order valence-electron chi connectivity index (χ2n) is 4.22. The van der Waals surface area contributed by atoms with Crippen LogP contribution in [0.25, 0.3) is 0 Å². The summed E-state index contributed by atoms with van der Waals surface area (Å²) in [6, 6.07) is 1.61. The van der Waals surface area contributed by atoms with E-state index in [1.54, 1.807) is 0 Å². The Morgan fingerprint density at radius 3 is 2.58 bits per heavy atom. The first-order chi connectivity index (χ1) is 9.01. The summed E-state index contributed by atoms with van der Waals surface area (Å²) >= 11 is 0. The first-order valence-corrected chi connectivity index (χ1v) is 6.03. The summed E-state index contributed by atoms with van der Waals surface area (Å²) in [5.74, 6) is -5.22. The predicted molar refractivity (Wildman–Crippen MR) is 64.1 cm³/mol. The van der Waals surface area contributed by atoms with Crippen LogP contribution in [0.5, 0.6) is 0 Å². The lowest BCUT2D eigenvalue weighted by Crippen LogP contribution is -2.30. The van der Waals surface area contributed by atoms with Gasteiger partial charge in [-0.3, -0.25) is 4.79 Å². The number of carbonyl (C=O) groups excluding carboxylic acids is 1. The number of benzene rings is 1. The molecule has 1 atom stereocenters. The molecule has 1 amide bonds. The Morgan fingerprint density at radius 1 is 1.32 bits per heavy atom. The molecule has 0 aliphatic carbocycles. The minimum absolute atomic E-state index is 0.00604. The minimum Gasteiger partial charge on any atom is -0.396 e. The van der Waals surface area contributed by atoms with E-state index in [4.69, 9.17) is 5.11 Å². The molecule has 1 rings (SSSR count). The molecule has 0 aliphatic heterocycles. The first-order valence-electron chi connectivity index (χ1n) is 6.03. The fourth-order valence-corrected chi connectivity index (χ4v) is 1.67. The predicted octanol–water partition coefficient (Wildman–Crippen LogP) is 2.24. The molecule has 0 saturated heterocycles. The number of halogens is 3. The van der Waals surface area contributed by atoms with Crippen molar-refractivity contribution in [3.63, 3.8) is 0 Å². The number of nitrogens with one attached hydrogen (secondary N) is 1. The molecule has 1 aromatic carbocycles. The van der Waals surface area contributed by atoms with E-state index in [1.807, 2.05) is 6.92 Å². The summed E-state index contributed by atoms with van der Waals surface area (Å²) in [7, 11) is 0. The van der Waals surface area contributed by atoms with Crippen molar-refractivity contribution in [2.45, 2.75) is 19.8 Å². The quantitative estimate of drug-likeness (QED) is 0.782. The van der Waals surface area contributed by atoms with Crippen LogP contribution in [0.3, 0.4) is 0 Å². The zero-order valence-corrected chi connectivity index (χ0v) is 10.5. The van der Waals surface area contributed by atoms with Crippen LogP contribution in [-0.4, -0.2) is 24.2 Å². The van der Waals surface area contributed by atoms with Crippen LogP contribution < -0.4 is 5.32 Å². The van der Waals surface area contributed by atoms with Crippen LogP contribution in [0.15, 0.2) is 12.1 Å². The summed E-state index contributed by atoms with van der Waals surface area (Å²) in [4.78, 5) is 11.7. The monoisotopic (exact) mass is 275 g/mol. The third-order valence-corrected chi connectivity index (χ3v) is 2.95. The fourth-order valence-electron chi connectivity index (χ4n) is 1.67. The summed E-state index contributed by atoms with van der Waals surface area (Å²) in [6.07, 6.45) is 1.25. The minimum atomic E-state index is -1.66. The topological polar surface area (TPSA) is 49.3 Å². The van der Waals surface area contributed by atoms with Crippen LogP contribution in [0.4, 0.5) is 13.2 Å². The molecule has 0 aliphatic rings. The van der Waals surface area contributed by atoms with Gasteiger partial charge in [0, 0.05) is 13.2 Å². The molecule has 0 fully saturated rings. The van der Waals surface area contributed by atoms with Crippen molar-refractivity contribution >= 4 is 5.91 Å². The zero-order chi connectivity index (χ0) is 14.4. The largest absolute Gasteiger partial charge is 0.396 e. The number of hydrogen-bond acceptors (Lipinski definition) is 2. The van der Waals surface area contributed by atoms with Crippen molar-refractivity contribution in [2.24, 2.45) is 5.92 Å². The van der Waals surface area contributed by atoms with Gasteiger partial charge in [-0.1, -0.05) is 13.3 Å². The van der Waals surface area contributed by atoms with Crippen LogP contribution in [0, 0.1) is 23.4 Å². The van der Waals surface area contributed by atoms with E-state index in [-0.39, 0.29) is 19.1 Å². The van der Waals surface area contributed by atoms with Crippen molar-refractivity contribution in [1.29, 1.82) is 0 Å². The van der Waals surface area contributed by atoms with E-state index in [0.29, 0.717) is 12.5 Å². The Balaban J connectivity index is 2.71. The Labute approximate surface area is 109 Å². The Hall–Kier alpha value is -1.56. The van der Waals surface area contributed by atoms with Gasteiger partial charge < -0.3 is 10.4 Å². The number of carbonyl (C=O) groups is 1. The number of aliphatic hydroxyl groups excluding tert-OH is 1. The average molecular weight is 275 g/mol. The lowest BCUT2D eigenvalue weighted by atomic mass is 10.0. The highest BCUT2D eigenvalue weighted by atomic mass is 19.2. The zero-order valence-electron chi connectivity index (χ0n) is 10.5. The van der Waals surface area contributed by atoms with Crippen LogP contribution in [-0.2, 0) is 0 Å². The summed E-state index contributed by atoms with van der Waals surface area (Å²) < 4.78 is 39.0. The Kier molecular flexibility index (Phi) is 5.82. The van der Waals surface area contributed by atoms with Gasteiger partial charge in [-0.25, -0.2) is 13.2 Å². The standard InChI is InChI=1S/C13H16F3NO2/c1-2-8(5-6-18)7-17-13(19)9-3-4-10(14)12(16)11(9)15/h3-4,8,18H,2,5-7H2,1H3,(H,17,19). The fraction of sp³-hybridized carbons (Fsp3) is 0.462. The summed E-state index contributed by atoms with van der Waals surface area (Å²) in [5, 5.41) is 11.2. The number of hydrogen-bond donors (Lipinski definition) is 2. The molecule has 19 heavy (non-hydrogen) atoms. The van der Waals surface area contributed by atoms with E-state index >= 15 is 0 Å². The Bertz CT molecular complexity index is 452. The maximum Gasteiger partial charge on any atom is 0.254 e. The van der Waals surface area contributed by atoms with Crippen LogP contribution >= 0.6 is 0 Å². The summed E-state index contributed by atoms with van der Waals surface area (Å²) in [6.45, 7) is 2.13. The molecule has 6 heteroatoms. The van der Waals surface area contributed by atoms with E-state index in [0.717, 1.165) is 12.5 Å². The van der Waals surface area contributed by atoms with Gasteiger partial charge >= 0.3 is 0 Å². The van der Waals surface area contributed by atoms with Gasteiger partial charge in [0.15, 0.2) is 17.5 Å². The van der Waals surface area contributed by atoms with Gasteiger partial charge in [-0.15, -0.1) is 0 Å². The van der Waals surface area contributed by atoms with Crippen molar-refractivity contribution < 1.29 is 23.1 Å². The third kappa shape index (κ3) is 3.96. The second kappa shape index (κ2) is 7.13. The van der Waals surface area contributed by atoms with Crippen LogP contribution in [0.2, 0.25) is 0 Å². The van der Waals surface area contributed by atoms with Crippen LogP contribution in [0.1, 0.15) is 30.1 Å². The van der Waals surface area contributed by atoms with Gasteiger partial charge in [0.05, 0.1) is 5.56 Å². The number of aliphatic hydroxyl groups is 1. The molecule has 0 aromatic heterocycles. The van der Waals surface area contributed by atoms with Gasteiger partial charge in [0.1, 0.15) is 0 Å². The van der Waals surface area contributed by atoms with Gasteiger partial charge in [-0.05, 0) is 24.5 Å². The molecule has 106 valence electrons. The average Bonchev–Trinajstić information content (AvgIpc) is 2.40. The van der Waals surface area contributed by atoms with Gasteiger partial charge in [0.2, 0.25) is 0 Å². The Morgan fingerprint density at radius 2 is 2.00 bits per heavy atom. The highest BCUT2D eigenvalue weighted by Gasteiger charge is 2.19. The molecular weight excluding hydrogens is 259 g/mol. The molecule has 3 nitrogen and oxygen atoms in total. The smallest absolute Gasteiger partial charge is 0.254 e. The number of rotatable bonds is 6. The van der Waals surface area contributed by atoms with E-state index in [1.165, 1.54) is 0 Å². The second-order valence-corrected chi connectivity index (χ2v) is 4.22. The molecule has 0 bridgehead atoms. The lowest BCUT2D eigenvalue weighted by Gasteiger charge is -2.14. The third-order valence-electron chi connectivity index (χ3n) is 2.95. The SMILES string of the molecule is CCC(CCO)CNC(=O)c1ccc(F)c(F)c1F. The normalized spacial score (nSPS) is 12.3.